The van der Waals surface area contributed by atoms with Gasteiger partial charge in [0.15, 0.2) is 0 Å². The number of fused-ring (bicyclic) bond motifs is 1. The van der Waals surface area contributed by atoms with E-state index in [1.807, 2.05) is 12.1 Å². The Morgan fingerprint density at radius 2 is 2.15 bits per heavy atom. The number of nitrogens with one attached hydrogen (secondary N) is 1. The van der Waals surface area contributed by atoms with Gasteiger partial charge in [-0.2, -0.15) is 5.26 Å². The fourth-order valence-electron chi connectivity index (χ4n) is 3.51. The Bertz CT molecular complexity index is 663. The number of nitrogens with zero attached hydrogens (tertiary/aromatic N) is 2. The van der Waals surface area contributed by atoms with E-state index in [0.717, 1.165) is 17.5 Å². The maximum atomic E-state index is 9.55. The van der Waals surface area contributed by atoms with E-state index in [1.165, 1.54) is 37.0 Å². The van der Waals surface area contributed by atoms with E-state index in [1.54, 1.807) is 4.90 Å². The molecule has 2 atom stereocenters. The number of hydrogen-bond acceptors (Lipinski definition) is 1. The summed E-state index contributed by atoms with van der Waals surface area (Å²) in [6.45, 7) is 4.53. The van der Waals surface area contributed by atoms with Crippen LogP contribution in [0.15, 0.2) is 24.3 Å². The summed E-state index contributed by atoms with van der Waals surface area (Å²) in [4.78, 5) is 1.62. The Balaban J connectivity index is 2.03. The maximum Gasteiger partial charge on any atom is 0.120 e. The molecule has 1 aliphatic rings. The molecule has 0 saturated carbocycles. The summed E-state index contributed by atoms with van der Waals surface area (Å²) in [5, 5.41) is 10.6. The quantitative estimate of drug-likeness (QED) is 0.888. The van der Waals surface area contributed by atoms with Crippen LogP contribution in [-0.4, -0.2) is 17.2 Å². The Morgan fingerprint density at radius 1 is 1.35 bits per heavy atom. The third kappa shape index (κ3) is 2.10. The van der Waals surface area contributed by atoms with Crippen LogP contribution in [0.2, 0.25) is 0 Å². The van der Waals surface area contributed by atoms with Crippen molar-refractivity contribution in [3.05, 3.63) is 35.5 Å². The lowest BCUT2D eigenvalue weighted by Crippen LogP contribution is -3.15. The second-order valence-electron chi connectivity index (χ2n) is 5.99. The van der Waals surface area contributed by atoms with Gasteiger partial charge in [-0.05, 0) is 32.3 Å². The molecule has 1 aromatic carbocycles. The third-order valence-electron chi connectivity index (χ3n) is 4.82. The molecule has 1 saturated heterocycles. The number of quaternary nitrogens is 1. The highest BCUT2D eigenvalue weighted by Gasteiger charge is 2.25. The molecular formula is C17H22N3+. The molecule has 20 heavy (non-hydrogen) atoms. The van der Waals surface area contributed by atoms with Gasteiger partial charge in [-0.1, -0.05) is 18.2 Å². The van der Waals surface area contributed by atoms with Crippen molar-refractivity contribution >= 4 is 10.9 Å². The number of rotatable bonds is 2. The molecule has 0 amide bonds. The van der Waals surface area contributed by atoms with Crippen molar-refractivity contribution < 1.29 is 4.90 Å². The zero-order chi connectivity index (χ0) is 14.1. The van der Waals surface area contributed by atoms with Gasteiger partial charge < -0.3 is 9.47 Å². The minimum Gasteiger partial charge on any atom is -0.342 e. The Hall–Kier alpha value is -1.79. The van der Waals surface area contributed by atoms with Crippen LogP contribution in [0.1, 0.15) is 37.4 Å². The molecule has 1 unspecified atom stereocenters. The average Bonchev–Trinajstić information content (AvgIpc) is 2.74. The number of benzene rings is 1. The van der Waals surface area contributed by atoms with Gasteiger partial charge >= 0.3 is 0 Å². The molecule has 1 N–H and O–H groups in total. The molecule has 0 aliphatic carbocycles. The molecule has 0 spiro atoms. The summed E-state index contributed by atoms with van der Waals surface area (Å²) in [6, 6.07) is 11.4. The summed E-state index contributed by atoms with van der Waals surface area (Å²) in [5.41, 5.74) is 3.23. The lowest BCUT2D eigenvalue weighted by Gasteiger charge is -2.30. The highest BCUT2D eigenvalue weighted by molar-refractivity contribution is 5.87. The molecule has 0 bridgehead atoms. The summed E-state index contributed by atoms with van der Waals surface area (Å²) in [5.74, 6) is 0. The van der Waals surface area contributed by atoms with Crippen molar-refractivity contribution in [1.82, 2.24) is 4.57 Å². The van der Waals surface area contributed by atoms with Crippen LogP contribution in [0, 0.1) is 11.3 Å². The van der Waals surface area contributed by atoms with Crippen LogP contribution in [0.25, 0.3) is 10.9 Å². The zero-order valence-electron chi connectivity index (χ0n) is 12.3. The Labute approximate surface area is 120 Å². The van der Waals surface area contributed by atoms with Crippen LogP contribution < -0.4 is 4.90 Å². The van der Waals surface area contributed by atoms with Gasteiger partial charge in [-0.25, -0.2) is 0 Å². The van der Waals surface area contributed by atoms with Crippen LogP contribution in [0.5, 0.6) is 0 Å². The normalized spacial score (nSPS) is 22.9. The predicted molar refractivity (Wildman–Crippen MR) is 80.5 cm³/mol. The van der Waals surface area contributed by atoms with E-state index in [2.05, 4.69) is 36.7 Å². The number of aryl methyl sites for hydroxylation is 1. The van der Waals surface area contributed by atoms with Crippen LogP contribution in [0.4, 0.5) is 0 Å². The highest BCUT2D eigenvalue weighted by atomic mass is 15.2. The summed E-state index contributed by atoms with van der Waals surface area (Å²) >= 11 is 0. The molecule has 104 valence electrons. The summed E-state index contributed by atoms with van der Waals surface area (Å²) in [6.07, 6.45) is 3.97. The van der Waals surface area contributed by atoms with E-state index < -0.39 is 0 Å². The largest absolute Gasteiger partial charge is 0.342 e. The molecule has 0 radical (unpaired) electrons. The van der Waals surface area contributed by atoms with E-state index in [-0.39, 0.29) is 0 Å². The van der Waals surface area contributed by atoms with Crippen molar-refractivity contribution in [3.8, 4) is 6.07 Å². The zero-order valence-corrected chi connectivity index (χ0v) is 12.3. The number of piperidine rings is 1. The monoisotopic (exact) mass is 268 g/mol. The van der Waals surface area contributed by atoms with Crippen LogP contribution >= 0.6 is 0 Å². The van der Waals surface area contributed by atoms with Gasteiger partial charge in [0.1, 0.15) is 12.6 Å². The Kier molecular flexibility index (Phi) is 3.50. The predicted octanol–water partition coefficient (Wildman–Crippen LogP) is 2.01. The van der Waals surface area contributed by atoms with Gasteiger partial charge in [0.25, 0.3) is 0 Å². The SMILES string of the molecule is C[C@@H]1CCCC[NH+]1Cc1c(C#N)c2ccccc2n1C. The molecular weight excluding hydrogens is 246 g/mol. The first-order valence-electron chi connectivity index (χ1n) is 7.53. The summed E-state index contributed by atoms with van der Waals surface area (Å²) in [7, 11) is 2.09. The van der Waals surface area contributed by atoms with Crippen molar-refractivity contribution in [1.29, 1.82) is 5.26 Å². The summed E-state index contributed by atoms with van der Waals surface area (Å²) < 4.78 is 2.21. The first-order chi connectivity index (χ1) is 9.72. The third-order valence-corrected chi connectivity index (χ3v) is 4.82. The second-order valence-corrected chi connectivity index (χ2v) is 5.99. The first kappa shape index (κ1) is 13.2. The van der Waals surface area contributed by atoms with E-state index in [0.29, 0.717) is 6.04 Å². The molecule has 2 heterocycles. The highest BCUT2D eigenvalue weighted by Crippen LogP contribution is 2.24. The van der Waals surface area contributed by atoms with Gasteiger partial charge in [-0.3, -0.25) is 0 Å². The molecule has 2 aromatic rings. The van der Waals surface area contributed by atoms with Gasteiger partial charge in [-0.15, -0.1) is 0 Å². The van der Waals surface area contributed by atoms with Crippen LogP contribution in [-0.2, 0) is 13.6 Å². The number of para-hydroxylation sites is 1. The number of aromatic nitrogens is 1. The van der Waals surface area contributed by atoms with Gasteiger partial charge in [0.2, 0.25) is 0 Å². The standard InChI is InChI=1S/C17H21N3/c1-13-7-5-6-10-20(13)12-17-15(11-18)14-8-3-4-9-16(14)19(17)2/h3-4,8-9,13H,5-7,10,12H2,1-2H3/p+1/t13-/m1/s1. The van der Waals surface area contributed by atoms with E-state index in [4.69, 9.17) is 0 Å². The smallest absolute Gasteiger partial charge is 0.120 e. The molecule has 3 rings (SSSR count). The minimum absolute atomic E-state index is 0.702. The second kappa shape index (κ2) is 5.30. The fraction of sp³-hybridized carbons (Fsp3) is 0.471. The lowest BCUT2D eigenvalue weighted by atomic mass is 10.0. The van der Waals surface area contributed by atoms with Crippen LogP contribution in [0.3, 0.4) is 0 Å². The van der Waals surface area contributed by atoms with Crippen molar-refractivity contribution in [2.24, 2.45) is 7.05 Å². The van der Waals surface area contributed by atoms with E-state index >= 15 is 0 Å². The lowest BCUT2D eigenvalue weighted by molar-refractivity contribution is -0.942. The fourth-order valence-corrected chi connectivity index (χ4v) is 3.51. The molecule has 3 nitrogen and oxygen atoms in total. The van der Waals surface area contributed by atoms with Crippen molar-refractivity contribution in [3.63, 3.8) is 0 Å². The van der Waals surface area contributed by atoms with Crippen molar-refractivity contribution in [2.45, 2.75) is 38.8 Å². The van der Waals surface area contributed by atoms with E-state index in [9.17, 15) is 5.26 Å². The Morgan fingerprint density at radius 3 is 2.90 bits per heavy atom. The van der Waals surface area contributed by atoms with Gasteiger partial charge in [0.05, 0.1) is 23.8 Å². The average molecular weight is 268 g/mol. The minimum atomic E-state index is 0.702. The molecule has 1 aliphatic heterocycles. The maximum absolute atomic E-state index is 9.55. The first-order valence-corrected chi connectivity index (χ1v) is 7.53. The number of nitriles is 1. The molecule has 1 aromatic heterocycles. The number of likely N-dealkylation sites (tertiary alicyclic amines) is 1. The van der Waals surface area contributed by atoms with Crippen molar-refractivity contribution in [2.75, 3.05) is 6.54 Å². The molecule has 3 heteroatoms. The van der Waals surface area contributed by atoms with Gasteiger partial charge in [0, 0.05) is 18.0 Å². The number of hydrogen-bond donors (Lipinski definition) is 1. The topological polar surface area (TPSA) is 33.2 Å². The molecule has 1 fully saturated rings.